The van der Waals surface area contributed by atoms with Crippen molar-refractivity contribution in [3.8, 4) is 0 Å². The van der Waals surface area contributed by atoms with Crippen LogP contribution in [0.3, 0.4) is 0 Å². The predicted molar refractivity (Wildman–Crippen MR) is 69.1 cm³/mol. The lowest BCUT2D eigenvalue weighted by atomic mass is 10.0. The van der Waals surface area contributed by atoms with Gasteiger partial charge in [0.25, 0.3) is 11.5 Å². The molecule has 3 N–H and O–H groups in total. The Bertz CT molecular complexity index is 594. The third kappa shape index (κ3) is 1.70. The third-order valence-electron chi connectivity index (χ3n) is 4.72. The number of carbonyl (C=O) groups excluding carboxylic acids is 1. The van der Waals surface area contributed by atoms with Crippen molar-refractivity contribution in [1.29, 1.82) is 0 Å². The quantitative estimate of drug-likeness (QED) is 0.641. The molecule has 1 aliphatic carbocycles. The number of hydrogen-bond acceptors (Lipinski definition) is 5. The van der Waals surface area contributed by atoms with Crippen LogP contribution >= 0.6 is 0 Å². The van der Waals surface area contributed by atoms with Crippen LogP contribution in [0.25, 0.3) is 0 Å². The summed E-state index contributed by atoms with van der Waals surface area (Å²) < 4.78 is 0. The summed E-state index contributed by atoms with van der Waals surface area (Å²) in [6, 6.07) is 0. The Labute approximate surface area is 115 Å². The van der Waals surface area contributed by atoms with Crippen molar-refractivity contribution < 1.29 is 15.0 Å². The lowest BCUT2D eigenvalue weighted by Crippen LogP contribution is -2.38. The van der Waals surface area contributed by atoms with E-state index >= 15 is 0 Å². The molecule has 7 nitrogen and oxygen atoms in total. The van der Waals surface area contributed by atoms with Crippen molar-refractivity contribution in [1.82, 2.24) is 14.9 Å². The van der Waals surface area contributed by atoms with Gasteiger partial charge in [-0.1, -0.05) is 0 Å². The zero-order valence-electron chi connectivity index (χ0n) is 11.2. The number of aliphatic hydroxyl groups is 2. The van der Waals surface area contributed by atoms with Crippen molar-refractivity contribution >= 4 is 5.91 Å². The SMILES string of the molecule is Cc1ncc(C(=O)N2CC3C(C2)C3(CO)CO)c(=O)[nH]1. The van der Waals surface area contributed by atoms with E-state index in [-0.39, 0.29) is 36.5 Å². The van der Waals surface area contributed by atoms with Crippen LogP contribution in [0, 0.1) is 24.2 Å². The normalized spacial score (nSPS) is 26.4. The Hall–Kier alpha value is -1.73. The number of hydrogen-bond donors (Lipinski definition) is 3. The molecule has 0 aromatic carbocycles. The van der Waals surface area contributed by atoms with Gasteiger partial charge in [-0.25, -0.2) is 4.98 Å². The van der Waals surface area contributed by atoms with Gasteiger partial charge >= 0.3 is 0 Å². The predicted octanol–water partition coefficient (Wildman–Crippen LogP) is -1.25. The van der Waals surface area contributed by atoms with Gasteiger partial charge in [0.15, 0.2) is 0 Å². The molecule has 20 heavy (non-hydrogen) atoms. The van der Waals surface area contributed by atoms with Crippen LogP contribution in [0.4, 0.5) is 0 Å². The highest BCUT2D eigenvalue weighted by molar-refractivity contribution is 5.93. The van der Waals surface area contributed by atoms with E-state index < -0.39 is 11.0 Å². The summed E-state index contributed by atoms with van der Waals surface area (Å²) >= 11 is 0. The molecule has 2 aliphatic rings. The van der Waals surface area contributed by atoms with Gasteiger partial charge < -0.3 is 20.1 Å². The number of amides is 1. The first-order valence-electron chi connectivity index (χ1n) is 6.60. The zero-order valence-corrected chi connectivity index (χ0v) is 11.2. The van der Waals surface area contributed by atoms with E-state index in [0.717, 1.165) is 0 Å². The number of aryl methyl sites for hydroxylation is 1. The van der Waals surface area contributed by atoms with Gasteiger partial charge in [0.05, 0.1) is 13.2 Å². The molecule has 2 heterocycles. The maximum absolute atomic E-state index is 12.3. The van der Waals surface area contributed by atoms with Crippen molar-refractivity contribution in [2.45, 2.75) is 6.92 Å². The van der Waals surface area contributed by atoms with E-state index in [1.807, 2.05) is 0 Å². The molecule has 0 bridgehead atoms. The van der Waals surface area contributed by atoms with Gasteiger partial charge in [-0.3, -0.25) is 9.59 Å². The smallest absolute Gasteiger partial charge is 0.263 e. The maximum atomic E-state index is 12.3. The number of likely N-dealkylation sites (tertiary alicyclic amines) is 1. The van der Waals surface area contributed by atoms with Crippen LogP contribution in [-0.4, -0.2) is 57.3 Å². The second-order valence-electron chi connectivity index (χ2n) is 5.68. The lowest BCUT2D eigenvalue weighted by Gasteiger charge is -2.23. The molecule has 2 unspecified atom stereocenters. The number of carbonyl (C=O) groups is 1. The number of nitrogens with zero attached hydrogens (tertiary/aromatic N) is 2. The minimum atomic E-state index is -0.436. The number of rotatable bonds is 3. The van der Waals surface area contributed by atoms with Gasteiger partial charge in [-0.2, -0.15) is 0 Å². The molecule has 1 aromatic heterocycles. The van der Waals surface area contributed by atoms with E-state index in [1.165, 1.54) is 6.20 Å². The third-order valence-corrected chi connectivity index (χ3v) is 4.72. The van der Waals surface area contributed by atoms with Crippen molar-refractivity contribution in [3.63, 3.8) is 0 Å². The highest BCUT2D eigenvalue weighted by Gasteiger charge is 2.68. The monoisotopic (exact) mass is 279 g/mol. The summed E-state index contributed by atoms with van der Waals surface area (Å²) in [6.45, 7) is 2.47. The van der Waals surface area contributed by atoms with E-state index in [0.29, 0.717) is 18.9 Å². The fourth-order valence-electron chi connectivity index (χ4n) is 3.33. The fourth-order valence-corrected chi connectivity index (χ4v) is 3.33. The first-order chi connectivity index (χ1) is 9.53. The second kappa shape index (κ2) is 4.39. The van der Waals surface area contributed by atoms with Crippen LogP contribution < -0.4 is 5.56 Å². The minimum absolute atomic E-state index is 0.0375. The molecule has 1 aromatic rings. The highest BCUT2D eigenvalue weighted by atomic mass is 16.3. The molecule has 2 fully saturated rings. The van der Waals surface area contributed by atoms with Gasteiger partial charge in [0.1, 0.15) is 11.4 Å². The van der Waals surface area contributed by atoms with E-state index in [9.17, 15) is 19.8 Å². The molecule has 1 saturated carbocycles. The number of H-pyrrole nitrogens is 1. The molecule has 1 saturated heterocycles. The number of nitrogens with one attached hydrogen (secondary N) is 1. The minimum Gasteiger partial charge on any atom is -0.396 e. The molecule has 1 amide bonds. The topological polar surface area (TPSA) is 107 Å². The molecule has 0 spiro atoms. The van der Waals surface area contributed by atoms with Gasteiger partial charge in [-0.05, 0) is 18.8 Å². The van der Waals surface area contributed by atoms with Crippen LogP contribution in [-0.2, 0) is 0 Å². The van der Waals surface area contributed by atoms with Gasteiger partial charge in [0, 0.05) is 24.7 Å². The summed E-state index contributed by atoms with van der Waals surface area (Å²) in [5.74, 6) is 0.379. The van der Waals surface area contributed by atoms with Crippen LogP contribution in [0.1, 0.15) is 16.2 Å². The van der Waals surface area contributed by atoms with Crippen LogP contribution in [0.5, 0.6) is 0 Å². The molecule has 108 valence electrons. The fraction of sp³-hybridized carbons (Fsp3) is 0.615. The Morgan fingerprint density at radius 3 is 2.55 bits per heavy atom. The molecule has 2 atom stereocenters. The van der Waals surface area contributed by atoms with Crippen molar-refractivity contribution in [2.75, 3.05) is 26.3 Å². The summed E-state index contributed by atoms with van der Waals surface area (Å²) in [5.41, 5.74) is -0.830. The number of piperidine rings is 1. The number of aliphatic hydroxyl groups excluding tert-OH is 2. The molecule has 1 aliphatic heterocycles. The average Bonchev–Trinajstić information content (AvgIpc) is 2.80. The molecule has 3 rings (SSSR count). The van der Waals surface area contributed by atoms with E-state index in [1.54, 1.807) is 11.8 Å². The summed E-state index contributed by atoms with van der Waals surface area (Å²) in [4.78, 5) is 32.1. The lowest BCUT2D eigenvalue weighted by molar-refractivity contribution is 0.0635. The van der Waals surface area contributed by atoms with Gasteiger partial charge in [0.2, 0.25) is 0 Å². The molecular formula is C13H17N3O4. The zero-order chi connectivity index (χ0) is 14.5. The van der Waals surface area contributed by atoms with E-state index in [4.69, 9.17) is 0 Å². The number of aromatic nitrogens is 2. The molecular weight excluding hydrogens is 262 g/mol. The average molecular weight is 279 g/mol. The Morgan fingerprint density at radius 1 is 1.45 bits per heavy atom. The summed E-state index contributed by atoms with van der Waals surface area (Å²) in [6.07, 6.45) is 1.30. The van der Waals surface area contributed by atoms with Crippen LogP contribution in [0.15, 0.2) is 11.0 Å². The van der Waals surface area contributed by atoms with Crippen molar-refractivity contribution in [2.24, 2.45) is 17.3 Å². The standard InChI is InChI=1S/C13H17N3O4/c1-7-14-2-8(11(19)15-7)12(20)16-3-9-10(4-16)13(9,5-17)6-18/h2,9-10,17-18H,3-6H2,1H3,(H,14,15,19). The summed E-state index contributed by atoms with van der Waals surface area (Å²) in [5, 5.41) is 18.7. The number of aromatic amines is 1. The van der Waals surface area contributed by atoms with Crippen molar-refractivity contribution in [3.05, 3.63) is 27.9 Å². The maximum Gasteiger partial charge on any atom is 0.263 e. The summed E-state index contributed by atoms with van der Waals surface area (Å²) in [7, 11) is 0. The Balaban J connectivity index is 1.75. The largest absolute Gasteiger partial charge is 0.396 e. The van der Waals surface area contributed by atoms with Crippen LogP contribution in [0.2, 0.25) is 0 Å². The first-order valence-corrected chi connectivity index (χ1v) is 6.60. The molecule has 0 radical (unpaired) electrons. The number of fused-ring (bicyclic) bond motifs is 1. The Kier molecular flexibility index (Phi) is 2.91. The van der Waals surface area contributed by atoms with Gasteiger partial charge in [-0.15, -0.1) is 0 Å². The highest BCUT2D eigenvalue weighted by Crippen LogP contribution is 2.62. The Morgan fingerprint density at radius 2 is 2.05 bits per heavy atom. The second-order valence-corrected chi connectivity index (χ2v) is 5.68. The first kappa shape index (κ1) is 13.3. The molecule has 7 heteroatoms. The van der Waals surface area contributed by atoms with E-state index in [2.05, 4.69) is 9.97 Å².